The maximum atomic E-state index is 12.3. The fourth-order valence-corrected chi connectivity index (χ4v) is 7.05. The number of rotatable bonds is 43. The van der Waals surface area contributed by atoms with Crippen LogP contribution in [0.5, 0.6) is 0 Å². The molecule has 12 heteroatoms. The molecule has 0 saturated heterocycles. The molecule has 338 valence electrons. The third-order valence-corrected chi connectivity index (χ3v) is 10.9. The molecule has 0 aromatic rings. The lowest BCUT2D eigenvalue weighted by atomic mass is 10.1. The second kappa shape index (κ2) is 41.4. The Labute approximate surface area is 352 Å². The van der Waals surface area contributed by atoms with Crippen LogP contribution >= 0.6 is 7.82 Å². The summed E-state index contributed by atoms with van der Waals surface area (Å²) in [5, 5.41) is 21.8. The third-order valence-electron chi connectivity index (χ3n) is 9.90. The number of esters is 1. The normalized spacial score (nSPS) is 14.0. The van der Waals surface area contributed by atoms with Gasteiger partial charge in [-0.25, -0.2) is 9.36 Å². The van der Waals surface area contributed by atoms with Gasteiger partial charge < -0.3 is 25.2 Å². The lowest BCUT2D eigenvalue weighted by Gasteiger charge is -2.18. The zero-order valence-corrected chi connectivity index (χ0v) is 37.5. The van der Waals surface area contributed by atoms with Crippen LogP contribution in [0.25, 0.3) is 0 Å². The minimum atomic E-state index is -4.76. The van der Waals surface area contributed by atoms with Gasteiger partial charge in [0.25, 0.3) is 0 Å². The first kappa shape index (κ1) is 55.7. The van der Waals surface area contributed by atoms with Crippen LogP contribution in [0.4, 0.5) is 0 Å². The van der Waals surface area contributed by atoms with E-state index < -0.39 is 57.6 Å². The molecule has 0 fully saturated rings. The van der Waals surface area contributed by atoms with E-state index in [0.29, 0.717) is 12.8 Å². The first-order valence-electron chi connectivity index (χ1n) is 23.0. The molecule has 0 aliphatic rings. The summed E-state index contributed by atoms with van der Waals surface area (Å²) in [6.45, 7) is 2.57. The highest BCUT2D eigenvalue weighted by Gasteiger charge is 2.28. The molecule has 0 aromatic carbocycles. The van der Waals surface area contributed by atoms with E-state index >= 15 is 0 Å². The smallest absolute Gasteiger partial charge is 0.472 e. The maximum Gasteiger partial charge on any atom is 0.472 e. The molecule has 3 unspecified atom stereocenters. The van der Waals surface area contributed by atoms with E-state index in [9.17, 15) is 34.1 Å². The van der Waals surface area contributed by atoms with Crippen molar-refractivity contribution in [3.8, 4) is 0 Å². The van der Waals surface area contributed by atoms with Crippen molar-refractivity contribution < 1.29 is 47.8 Å². The van der Waals surface area contributed by atoms with Gasteiger partial charge >= 0.3 is 19.8 Å². The molecule has 0 aliphatic heterocycles. The Morgan fingerprint density at radius 2 is 0.948 bits per heavy atom. The molecule has 3 atom stereocenters. The van der Waals surface area contributed by atoms with Gasteiger partial charge in [-0.1, -0.05) is 159 Å². The molecule has 11 nitrogen and oxygen atoms in total. The number of carboxylic acids is 1. The Bertz CT molecular complexity index is 1130. The summed E-state index contributed by atoms with van der Waals surface area (Å²) in [4.78, 5) is 45.9. The summed E-state index contributed by atoms with van der Waals surface area (Å²) in [6, 6.07) is -1.55. The Morgan fingerprint density at radius 1 is 0.552 bits per heavy atom. The average Bonchev–Trinajstić information content (AvgIpc) is 3.20. The Morgan fingerprint density at radius 3 is 1.43 bits per heavy atom. The molecule has 0 aromatic heterocycles. The minimum absolute atomic E-state index is 0.136. The number of aliphatic hydroxyl groups is 1. The van der Waals surface area contributed by atoms with Crippen LogP contribution in [0.15, 0.2) is 36.5 Å². The molecule has 0 radical (unpaired) electrons. The Kier molecular flexibility index (Phi) is 39.8. The SMILES string of the molecule is CCCCCC/C=C\C/C=C\CCCCCCCCCC(=O)OCC(O)COP(=O)(O)OCC(NC(=O)CCCCCCC/C=C\CCCCCCCCC)C(=O)O. The van der Waals surface area contributed by atoms with Gasteiger partial charge in [-0.3, -0.25) is 18.6 Å². The topological polar surface area (TPSA) is 169 Å². The van der Waals surface area contributed by atoms with Gasteiger partial charge in [-0.05, 0) is 70.6 Å². The molecule has 0 saturated carbocycles. The van der Waals surface area contributed by atoms with Gasteiger partial charge in [0, 0.05) is 12.8 Å². The number of aliphatic hydroxyl groups excluding tert-OH is 1. The summed E-state index contributed by atoms with van der Waals surface area (Å²) >= 11 is 0. The van der Waals surface area contributed by atoms with E-state index in [-0.39, 0.29) is 12.8 Å². The van der Waals surface area contributed by atoms with Crippen molar-refractivity contribution in [3.05, 3.63) is 36.5 Å². The van der Waals surface area contributed by atoms with Gasteiger partial charge in [0.15, 0.2) is 6.04 Å². The van der Waals surface area contributed by atoms with E-state index in [1.165, 1.54) is 96.3 Å². The molecule has 0 aliphatic carbocycles. The number of phosphoric acid groups is 1. The highest BCUT2D eigenvalue weighted by molar-refractivity contribution is 7.47. The largest absolute Gasteiger partial charge is 0.480 e. The first-order valence-corrected chi connectivity index (χ1v) is 24.5. The molecule has 0 rings (SSSR count). The predicted molar refractivity (Wildman–Crippen MR) is 236 cm³/mol. The van der Waals surface area contributed by atoms with Gasteiger partial charge in [-0.15, -0.1) is 0 Å². The van der Waals surface area contributed by atoms with Gasteiger partial charge in [0.2, 0.25) is 5.91 Å². The standard InChI is InChI=1S/C46H84NO10P/c1-3-5-7-9-11-13-15-17-19-21-22-24-26-28-30-32-34-36-38-45(50)55-39-42(48)40-56-58(53,54)57-41-43(46(51)52)47-44(49)37-35-33-31-29-27-25-23-20-18-16-14-12-10-8-6-4-2/h13,15,19-21,23,42-43,48H,3-12,14,16-18,22,24-41H2,1-2H3,(H,47,49)(H,51,52)(H,53,54)/b15-13-,21-19-,23-20-. The number of carboxylic acid groups (broad SMARTS) is 1. The van der Waals surface area contributed by atoms with Crippen molar-refractivity contribution in [1.82, 2.24) is 5.32 Å². The lowest BCUT2D eigenvalue weighted by Crippen LogP contribution is -2.43. The van der Waals surface area contributed by atoms with Crippen LogP contribution in [0.1, 0.15) is 206 Å². The summed E-state index contributed by atoms with van der Waals surface area (Å²) in [6.07, 6.45) is 44.5. The van der Waals surface area contributed by atoms with E-state index in [1.54, 1.807) is 0 Å². The number of phosphoric ester groups is 1. The number of amides is 1. The second-order valence-corrected chi connectivity index (χ2v) is 17.0. The Hall–Kier alpha value is -2.30. The summed E-state index contributed by atoms with van der Waals surface area (Å²) in [7, 11) is -4.76. The first-order chi connectivity index (χ1) is 28.1. The zero-order valence-electron chi connectivity index (χ0n) is 36.6. The minimum Gasteiger partial charge on any atom is -0.480 e. The van der Waals surface area contributed by atoms with Crippen LogP contribution in [0.3, 0.4) is 0 Å². The van der Waals surface area contributed by atoms with Crippen LogP contribution in [-0.2, 0) is 32.7 Å². The van der Waals surface area contributed by atoms with Crippen molar-refractivity contribution in [3.63, 3.8) is 0 Å². The highest BCUT2D eigenvalue weighted by atomic mass is 31.2. The van der Waals surface area contributed by atoms with Gasteiger partial charge in [-0.2, -0.15) is 0 Å². The molecule has 4 N–H and O–H groups in total. The number of carbonyl (C=O) groups is 3. The summed E-state index contributed by atoms with van der Waals surface area (Å²) in [5.74, 6) is -2.39. The monoisotopic (exact) mass is 842 g/mol. The van der Waals surface area contributed by atoms with Crippen molar-refractivity contribution in [2.45, 2.75) is 219 Å². The fourth-order valence-electron chi connectivity index (χ4n) is 6.28. The third kappa shape index (κ3) is 40.5. The molecule has 58 heavy (non-hydrogen) atoms. The molecular formula is C46H84NO10P. The highest BCUT2D eigenvalue weighted by Crippen LogP contribution is 2.43. The maximum absolute atomic E-state index is 12.3. The number of unbranched alkanes of at least 4 members (excludes halogenated alkanes) is 23. The van der Waals surface area contributed by atoms with Crippen molar-refractivity contribution in [2.24, 2.45) is 0 Å². The predicted octanol–water partition coefficient (Wildman–Crippen LogP) is 12.0. The van der Waals surface area contributed by atoms with Crippen LogP contribution in [0.2, 0.25) is 0 Å². The van der Waals surface area contributed by atoms with E-state index in [1.807, 2.05) is 0 Å². The average molecular weight is 842 g/mol. The molecule has 0 bridgehead atoms. The molecule has 0 spiro atoms. The van der Waals surface area contributed by atoms with E-state index in [4.69, 9.17) is 13.8 Å². The second-order valence-electron chi connectivity index (χ2n) is 15.6. The van der Waals surface area contributed by atoms with Crippen molar-refractivity contribution in [2.75, 3.05) is 19.8 Å². The quantitative estimate of drug-likeness (QED) is 0.0201. The van der Waals surface area contributed by atoms with E-state index in [0.717, 1.165) is 70.6 Å². The molecule has 1 amide bonds. The van der Waals surface area contributed by atoms with Crippen LogP contribution < -0.4 is 5.32 Å². The van der Waals surface area contributed by atoms with Crippen LogP contribution in [-0.4, -0.2) is 64.9 Å². The number of nitrogens with one attached hydrogen (secondary N) is 1. The fraction of sp³-hybridized carbons (Fsp3) is 0.804. The zero-order chi connectivity index (χ0) is 42.8. The van der Waals surface area contributed by atoms with Crippen molar-refractivity contribution >= 4 is 25.7 Å². The van der Waals surface area contributed by atoms with E-state index in [2.05, 4.69) is 55.6 Å². The molecular weight excluding hydrogens is 757 g/mol. The number of hydrogen-bond donors (Lipinski definition) is 4. The summed E-state index contributed by atoms with van der Waals surface area (Å²) in [5.41, 5.74) is 0. The number of carbonyl (C=O) groups excluding carboxylic acids is 2. The number of ether oxygens (including phenoxy) is 1. The number of aliphatic carboxylic acids is 1. The van der Waals surface area contributed by atoms with Crippen LogP contribution in [0, 0.1) is 0 Å². The number of allylic oxidation sites excluding steroid dienone is 6. The number of hydrogen-bond acceptors (Lipinski definition) is 8. The van der Waals surface area contributed by atoms with Crippen molar-refractivity contribution in [1.29, 1.82) is 0 Å². The molecule has 0 heterocycles. The van der Waals surface area contributed by atoms with Gasteiger partial charge in [0.05, 0.1) is 13.2 Å². The summed E-state index contributed by atoms with van der Waals surface area (Å²) < 4.78 is 26.9. The lowest BCUT2D eigenvalue weighted by molar-refractivity contribution is -0.147. The van der Waals surface area contributed by atoms with Gasteiger partial charge in [0.1, 0.15) is 12.7 Å². The Balaban J connectivity index is 3.90.